The van der Waals surface area contributed by atoms with E-state index in [2.05, 4.69) is 27.1 Å². The number of hydrogen-bond donors (Lipinski definition) is 1. The van der Waals surface area contributed by atoms with Crippen molar-refractivity contribution in [2.24, 2.45) is 0 Å². The lowest BCUT2D eigenvalue weighted by Crippen LogP contribution is -2.38. The molecule has 0 atom stereocenters. The van der Waals surface area contributed by atoms with Crippen molar-refractivity contribution in [3.63, 3.8) is 0 Å². The van der Waals surface area contributed by atoms with Crippen LogP contribution in [0.1, 0.15) is 22.4 Å². The highest BCUT2D eigenvalue weighted by atomic mass is 16.2. The maximum atomic E-state index is 12.8. The smallest absolute Gasteiger partial charge is 0.255 e. The Hall–Kier alpha value is -3.28. The van der Waals surface area contributed by atoms with Crippen molar-refractivity contribution in [2.45, 2.75) is 26.3 Å². The fourth-order valence-corrected chi connectivity index (χ4v) is 3.41. The first-order valence-electron chi connectivity index (χ1n) is 8.97. The number of benzene rings is 1. The molecule has 6 heteroatoms. The Bertz CT molecular complexity index is 1040. The molecule has 1 aromatic carbocycles. The second-order valence-corrected chi connectivity index (χ2v) is 6.70. The number of nitrogens with zero attached hydrogens (tertiary/aromatic N) is 3. The molecule has 1 N–H and O–H groups in total. The standard InChI is InChI=1S/C21H20N4O2/c1-14-17(21(27)24-20(23-14)18-8-4-5-10-22-18)12-19(26)25-11-9-15-6-2-3-7-16(15)13-25/h2-8,10H,9,11-13H2,1H3,(H,23,24,27). The van der Waals surface area contributed by atoms with Crippen LogP contribution in [0.15, 0.2) is 53.5 Å². The van der Waals surface area contributed by atoms with Crippen molar-refractivity contribution in [1.29, 1.82) is 0 Å². The second kappa shape index (κ2) is 7.15. The Labute approximate surface area is 156 Å². The molecule has 3 aromatic rings. The lowest BCUT2D eigenvalue weighted by atomic mass is 9.99. The first-order chi connectivity index (χ1) is 13.1. The molecule has 4 rings (SSSR count). The van der Waals surface area contributed by atoms with Gasteiger partial charge in [0.05, 0.1) is 6.42 Å². The Kier molecular flexibility index (Phi) is 4.54. The third-order valence-corrected chi connectivity index (χ3v) is 4.94. The Morgan fingerprint density at radius 2 is 1.93 bits per heavy atom. The van der Waals surface area contributed by atoms with Crippen molar-refractivity contribution >= 4 is 5.91 Å². The van der Waals surface area contributed by atoms with Gasteiger partial charge in [0.25, 0.3) is 5.56 Å². The molecule has 0 radical (unpaired) electrons. The van der Waals surface area contributed by atoms with Crippen molar-refractivity contribution < 1.29 is 4.79 Å². The zero-order valence-electron chi connectivity index (χ0n) is 15.1. The third-order valence-electron chi connectivity index (χ3n) is 4.94. The van der Waals surface area contributed by atoms with Crippen molar-refractivity contribution in [3.8, 4) is 11.5 Å². The van der Waals surface area contributed by atoms with Crippen LogP contribution in [0.25, 0.3) is 11.5 Å². The minimum absolute atomic E-state index is 0.0505. The Morgan fingerprint density at radius 3 is 2.67 bits per heavy atom. The molecule has 1 aliphatic heterocycles. The van der Waals surface area contributed by atoms with E-state index in [1.807, 2.05) is 23.1 Å². The van der Waals surface area contributed by atoms with E-state index in [9.17, 15) is 9.59 Å². The second-order valence-electron chi connectivity index (χ2n) is 6.70. The van der Waals surface area contributed by atoms with Crippen LogP contribution >= 0.6 is 0 Å². The molecular formula is C21H20N4O2. The zero-order valence-corrected chi connectivity index (χ0v) is 15.1. The minimum Gasteiger partial charge on any atom is -0.338 e. The molecule has 0 saturated carbocycles. The highest BCUT2D eigenvalue weighted by Crippen LogP contribution is 2.19. The Morgan fingerprint density at radius 1 is 1.15 bits per heavy atom. The van der Waals surface area contributed by atoms with Gasteiger partial charge in [0, 0.05) is 30.5 Å². The van der Waals surface area contributed by atoms with Crippen molar-refractivity contribution in [1.82, 2.24) is 19.9 Å². The number of aromatic nitrogens is 3. The predicted octanol–water partition coefficient (Wildman–Crippen LogP) is 2.27. The lowest BCUT2D eigenvalue weighted by molar-refractivity contribution is -0.131. The van der Waals surface area contributed by atoms with E-state index >= 15 is 0 Å². The summed E-state index contributed by atoms with van der Waals surface area (Å²) in [4.78, 5) is 38.6. The summed E-state index contributed by atoms with van der Waals surface area (Å²) < 4.78 is 0. The van der Waals surface area contributed by atoms with Gasteiger partial charge in [-0.15, -0.1) is 0 Å². The number of carbonyl (C=O) groups excluding carboxylic acids is 1. The summed E-state index contributed by atoms with van der Waals surface area (Å²) in [7, 11) is 0. The quantitative estimate of drug-likeness (QED) is 0.777. The van der Waals surface area contributed by atoms with Gasteiger partial charge < -0.3 is 9.88 Å². The summed E-state index contributed by atoms with van der Waals surface area (Å²) in [6.07, 6.45) is 2.54. The van der Waals surface area contributed by atoms with Gasteiger partial charge in [-0.1, -0.05) is 30.3 Å². The minimum atomic E-state index is -0.283. The molecular weight excluding hydrogens is 340 g/mol. The number of fused-ring (bicyclic) bond motifs is 1. The van der Waals surface area contributed by atoms with E-state index in [0.29, 0.717) is 35.9 Å². The number of pyridine rings is 1. The van der Waals surface area contributed by atoms with Gasteiger partial charge in [-0.2, -0.15) is 0 Å². The summed E-state index contributed by atoms with van der Waals surface area (Å²) in [5.41, 5.74) is 3.75. The van der Waals surface area contributed by atoms with Crippen molar-refractivity contribution in [3.05, 3.63) is 81.4 Å². The summed E-state index contributed by atoms with van der Waals surface area (Å²) >= 11 is 0. The molecule has 0 saturated heterocycles. The fourth-order valence-electron chi connectivity index (χ4n) is 3.41. The largest absolute Gasteiger partial charge is 0.338 e. The SMILES string of the molecule is Cc1nc(-c2ccccn2)[nH]c(=O)c1CC(=O)N1CCc2ccccc2C1. The highest BCUT2D eigenvalue weighted by molar-refractivity contribution is 5.79. The van der Waals surface area contributed by atoms with Gasteiger partial charge in [-0.05, 0) is 36.6 Å². The average Bonchev–Trinajstić information content (AvgIpc) is 2.70. The zero-order chi connectivity index (χ0) is 18.8. The maximum absolute atomic E-state index is 12.8. The summed E-state index contributed by atoms with van der Waals surface area (Å²) in [5, 5.41) is 0. The maximum Gasteiger partial charge on any atom is 0.255 e. The summed E-state index contributed by atoms with van der Waals surface area (Å²) in [6.45, 7) is 3.02. The Balaban J connectivity index is 1.55. The molecule has 0 aliphatic carbocycles. The van der Waals surface area contributed by atoms with Crippen LogP contribution in [0.4, 0.5) is 0 Å². The van der Waals surface area contributed by atoms with Gasteiger partial charge in [0.1, 0.15) is 5.69 Å². The van der Waals surface area contributed by atoms with E-state index in [1.165, 1.54) is 11.1 Å². The lowest BCUT2D eigenvalue weighted by Gasteiger charge is -2.29. The normalized spacial score (nSPS) is 13.3. The van der Waals surface area contributed by atoms with E-state index in [4.69, 9.17) is 0 Å². The van der Waals surface area contributed by atoms with Crippen LogP contribution in [-0.2, 0) is 24.2 Å². The number of amides is 1. The first-order valence-corrected chi connectivity index (χ1v) is 8.97. The first kappa shape index (κ1) is 17.1. The topological polar surface area (TPSA) is 79.0 Å². The van der Waals surface area contributed by atoms with Crippen molar-refractivity contribution in [2.75, 3.05) is 6.54 Å². The van der Waals surface area contributed by atoms with E-state index in [0.717, 1.165) is 6.42 Å². The number of rotatable bonds is 3. The third kappa shape index (κ3) is 3.51. The van der Waals surface area contributed by atoms with E-state index < -0.39 is 0 Å². The van der Waals surface area contributed by atoms with Crippen LogP contribution < -0.4 is 5.56 Å². The molecule has 136 valence electrons. The van der Waals surface area contributed by atoms with E-state index in [-0.39, 0.29) is 17.9 Å². The molecule has 3 heterocycles. The van der Waals surface area contributed by atoms with Crippen LogP contribution in [0.2, 0.25) is 0 Å². The predicted molar refractivity (Wildman–Crippen MR) is 102 cm³/mol. The summed E-state index contributed by atoms with van der Waals surface area (Å²) in [6, 6.07) is 13.6. The summed E-state index contributed by atoms with van der Waals surface area (Å²) in [5.74, 6) is 0.367. The molecule has 0 unspecified atom stereocenters. The molecule has 2 aromatic heterocycles. The highest BCUT2D eigenvalue weighted by Gasteiger charge is 2.22. The van der Waals surface area contributed by atoms with Gasteiger partial charge in [0.2, 0.25) is 5.91 Å². The monoisotopic (exact) mass is 360 g/mol. The molecule has 0 bridgehead atoms. The van der Waals surface area contributed by atoms with Crippen LogP contribution in [0, 0.1) is 6.92 Å². The molecule has 27 heavy (non-hydrogen) atoms. The van der Waals surface area contributed by atoms with Crippen LogP contribution in [0.5, 0.6) is 0 Å². The molecule has 0 fully saturated rings. The number of carbonyl (C=O) groups is 1. The molecule has 1 aliphatic rings. The van der Waals surface area contributed by atoms with E-state index in [1.54, 1.807) is 25.3 Å². The fraction of sp³-hybridized carbons (Fsp3) is 0.238. The number of nitrogens with one attached hydrogen (secondary N) is 1. The number of aryl methyl sites for hydroxylation is 1. The molecule has 0 spiro atoms. The number of aromatic amines is 1. The van der Waals surface area contributed by atoms with Gasteiger partial charge in [0.15, 0.2) is 5.82 Å². The van der Waals surface area contributed by atoms with Gasteiger partial charge in [-0.3, -0.25) is 14.6 Å². The molecule has 1 amide bonds. The number of hydrogen-bond acceptors (Lipinski definition) is 4. The van der Waals surface area contributed by atoms with Gasteiger partial charge >= 0.3 is 0 Å². The van der Waals surface area contributed by atoms with Crippen LogP contribution in [0.3, 0.4) is 0 Å². The van der Waals surface area contributed by atoms with Crippen LogP contribution in [-0.4, -0.2) is 32.3 Å². The number of H-pyrrole nitrogens is 1. The molecule has 6 nitrogen and oxygen atoms in total. The average molecular weight is 360 g/mol. The van der Waals surface area contributed by atoms with Gasteiger partial charge in [-0.25, -0.2) is 4.98 Å².